The van der Waals surface area contributed by atoms with E-state index in [0.717, 1.165) is 10.9 Å². The average molecular weight is 272 g/mol. The third-order valence-electron chi connectivity index (χ3n) is 2.43. The van der Waals surface area contributed by atoms with Crippen molar-refractivity contribution < 1.29 is 8.81 Å². The largest absolute Gasteiger partial charge is 0.459 e. The molecule has 2 N–H and O–H groups in total. The number of furan rings is 1. The lowest BCUT2D eigenvalue weighted by atomic mass is 10.1. The summed E-state index contributed by atoms with van der Waals surface area (Å²) in [6, 6.07) is 2.91. The topological polar surface area (TPSA) is 39.2 Å². The van der Waals surface area contributed by atoms with Crippen LogP contribution in [0.4, 0.5) is 4.39 Å². The minimum atomic E-state index is -0.326. The molecule has 0 fully saturated rings. The predicted octanol–water partition coefficient (Wildman–Crippen LogP) is 3.66. The van der Waals surface area contributed by atoms with Crippen LogP contribution in [-0.4, -0.2) is 0 Å². The number of aryl methyl sites for hydroxylation is 1. The van der Waals surface area contributed by atoms with Crippen LogP contribution in [0.2, 0.25) is 0 Å². The van der Waals surface area contributed by atoms with Crippen LogP contribution in [0.15, 0.2) is 21.0 Å². The van der Waals surface area contributed by atoms with Crippen LogP contribution in [0, 0.1) is 12.7 Å². The van der Waals surface area contributed by atoms with Gasteiger partial charge in [-0.3, -0.25) is 0 Å². The highest BCUT2D eigenvalue weighted by Crippen LogP contribution is 2.31. The van der Waals surface area contributed by atoms with Crippen LogP contribution in [0.1, 0.15) is 24.3 Å². The molecule has 0 saturated heterocycles. The van der Waals surface area contributed by atoms with Gasteiger partial charge in [-0.15, -0.1) is 0 Å². The zero-order valence-corrected chi connectivity index (χ0v) is 10.1. The van der Waals surface area contributed by atoms with Crippen LogP contribution < -0.4 is 5.73 Å². The highest BCUT2D eigenvalue weighted by Gasteiger charge is 2.15. The van der Waals surface area contributed by atoms with Gasteiger partial charge in [0.05, 0.1) is 10.5 Å². The molecule has 0 spiro atoms. The normalized spacial score (nSPS) is 13.4. The number of rotatable bonds is 1. The Morgan fingerprint density at radius 2 is 2.13 bits per heavy atom. The Kier molecular flexibility index (Phi) is 2.56. The fourth-order valence-electron chi connectivity index (χ4n) is 1.67. The van der Waals surface area contributed by atoms with Gasteiger partial charge >= 0.3 is 0 Å². The van der Waals surface area contributed by atoms with Crippen LogP contribution in [0.25, 0.3) is 11.0 Å². The van der Waals surface area contributed by atoms with Crippen molar-refractivity contribution in [1.82, 2.24) is 0 Å². The van der Waals surface area contributed by atoms with Crippen LogP contribution in [-0.2, 0) is 0 Å². The third-order valence-corrected chi connectivity index (χ3v) is 3.04. The molecule has 2 aromatic rings. The number of nitrogens with two attached hydrogens (primary N) is 1. The minimum Gasteiger partial charge on any atom is -0.459 e. The second kappa shape index (κ2) is 3.61. The van der Waals surface area contributed by atoms with Crippen LogP contribution in [0.5, 0.6) is 0 Å². The third kappa shape index (κ3) is 1.68. The summed E-state index contributed by atoms with van der Waals surface area (Å²) in [5.74, 6) is 0.384. The predicted molar refractivity (Wildman–Crippen MR) is 61.2 cm³/mol. The zero-order valence-electron chi connectivity index (χ0n) is 8.47. The molecule has 2 rings (SSSR count). The van der Waals surface area contributed by atoms with Gasteiger partial charge in [-0.25, -0.2) is 4.39 Å². The second-order valence-electron chi connectivity index (χ2n) is 3.64. The second-order valence-corrected chi connectivity index (χ2v) is 4.50. The van der Waals surface area contributed by atoms with E-state index in [2.05, 4.69) is 15.9 Å². The molecule has 1 aromatic heterocycles. The van der Waals surface area contributed by atoms with E-state index < -0.39 is 0 Å². The van der Waals surface area contributed by atoms with E-state index in [1.807, 2.05) is 13.8 Å². The molecule has 0 amide bonds. The molecule has 2 nitrogen and oxygen atoms in total. The standard InChI is InChI=1S/C11H11BrFNO/c1-5-7-3-8(12)9(13)4-10(7)15-11(5)6(2)14/h3-4,6H,14H2,1-2H3. The molecule has 0 saturated carbocycles. The summed E-state index contributed by atoms with van der Waals surface area (Å²) in [4.78, 5) is 0. The molecule has 0 aliphatic heterocycles. The molecule has 4 heteroatoms. The molecular weight excluding hydrogens is 261 g/mol. The van der Waals surface area contributed by atoms with Gasteiger partial charge in [0.2, 0.25) is 0 Å². The molecule has 1 heterocycles. The van der Waals surface area contributed by atoms with E-state index >= 15 is 0 Å². The summed E-state index contributed by atoms with van der Waals surface area (Å²) in [7, 11) is 0. The van der Waals surface area contributed by atoms with Crippen molar-refractivity contribution in [2.75, 3.05) is 0 Å². The van der Waals surface area contributed by atoms with Gasteiger partial charge in [-0.1, -0.05) is 0 Å². The highest BCUT2D eigenvalue weighted by atomic mass is 79.9. The Morgan fingerprint density at radius 3 is 2.73 bits per heavy atom. The maximum absolute atomic E-state index is 13.3. The SMILES string of the molecule is Cc1c(C(C)N)oc2cc(F)c(Br)cc12. The quantitative estimate of drug-likeness (QED) is 0.860. The lowest BCUT2D eigenvalue weighted by Gasteiger charge is -2.00. The van der Waals surface area contributed by atoms with Crippen molar-refractivity contribution in [2.24, 2.45) is 5.73 Å². The summed E-state index contributed by atoms with van der Waals surface area (Å²) >= 11 is 3.15. The first kappa shape index (κ1) is 10.6. The van der Waals surface area contributed by atoms with E-state index in [1.165, 1.54) is 6.07 Å². The molecule has 80 valence electrons. The summed E-state index contributed by atoms with van der Waals surface area (Å²) in [5.41, 5.74) is 7.27. The minimum absolute atomic E-state index is 0.181. The van der Waals surface area contributed by atoms with E-state index in [4.69, 9.17) is 10.2 Å². The Morgan fingerprint density at radius 1 is 1.47 bits per heavy atom. The molecule has 0 aliphatic carbocycles. The Bertz CT molecular complexity index is 519. The first-order valence-corrected chi connectivity index (χ1v) is 5.43. The lowest BCUT2D eigenvalue weighted by molar-refractivity contribution is 0.506. The molecule has 1 atom stereocenters. The van der Waals surface area contributed by atoms with Gasteiger partial charge in [-0.05, 0) is 35.8 Å². The first-order valence-electron chi connectivity index (χ1n) is 4.64. The van der Waals surface area contributed by atoms with Gasteiger partial charge in [0, 0.05) is 17.0 Å². The van der Waals surface area contributed by atoms with Crippen LogP contribution >= 0.6 is 15.9 Å². The van der Waals surface area contributed by atoms with Crippen molar-refractivity contribution in [2.45, 2.75) is 19.9 Å². The Hall–Kier alpha value is -0.870. The summed E-state index contributed by atoms with van der Waals surface area (Å²) < 4.78 is 19.2. The van der Waals surface area contributed by atoms with Crippen molar-refractivity contribution in [1.29, 1.82) is 0 Å². The van der Waals surface area contributed by atoms with Crippen LogP contribution in [0.3, 0.4) is 0 Å². The van der Waals surface area contributed by atoms with Crippen molar-refractivity contribution in [3.8, 4) is 0 Å². The van der Waals surface area contributed by atoms with Gasteiger partial charge in [0.25, 0.3) is 0 Å². The lowest BCUT2D eigenvalue weighted by Crippen LogP contribution is -2.04. The molecule has 0 radical (unpaired) electrons. The Labute approximate surface area is 95.4 Å². The maximum Gasteiger partial charge on any atom is 0.141 e. The van der Waals surface area contributed by atoms with Crippen molar-refractivity contribution in [3.63, 3.8) is 0 Å². The fourth-order valence-corrected chi connectivity index (χ4v) is 2.01. The van der Waals surface area contributed by atoms with Crippen molar-refractivity contribution in [3.05, 3.63) is 33.7 Å². The molecule has 15 heavy (non-hydrogen) atoms. The molecular formula is C11H11BrFNO. The van der Waals surface area contributed by atoms with Gasteiger partial charge < -0.3 is 10.2 Å². The molecule has 0 bridgehead atoms. The van der Waals surface area contributed by atoms with E-state index in [1.54, 1.807) is 6.07 Å². The van der Waals surface area contributed by atoms with E-state index in [-0.39, 0.29) is 11.9 Å². The monoisotopic (exact) mass is 271 g/mol. The van der Waals surface area contributed by atoms with E-state index in [9.17, 15) is 4.39 Å². The molecule has 0 aliphatic rings. The Balaban J connectivity index is 2.77. The summed E-state index contributed by atoms with van der Waals surface area (Å²) in [5, 5.41) is 0.899. The van der Waals surface area contributed by atoms with E-state index in [0.29, 0.717) is 15.8 Å². The molecule has 1 aromatic carbocycles. The smallest absolute Gasteiger partial charge is 0.141 e. The number of hydrogen-bond acceptors (Lipinski definition) is 2. The van der Waals surface area contributed by atoms with Gasteiger partial charge in [0.1, 0.15) is 17.2 Å². The highest BCUT2D eigenvalue weighted by molar-refractivity contribution is 9.10. The first-order chi connectivity index (χ1) is 7.00. The number of fused-ring (bicyclic) bond motifs is 1. The number of halogens is 2. The number of hydrogen-bond donors (Lipinski definition) is 1. The summed E-state index contributed by atoms with van der Waals surface area (Å²) in [6.45, 7) is 3.77. The van der Waals surface area contributed by atoms with Gasteiger partial charge in [0.15, 0.2) is 0 Å². The fraction of sp³-hybridized carbons (Fsp3) is 0.273. The number of benzene rings is 1. The van der Waals surface area contributed by atoms with Crippen molar-refractivity contribution >= 4 is 26.9 Å². The summed E-state index contributed by atoms with van der Waals surface area (Å²) in [6.07, 6.45) is 0. The van der Waals surface area contributed by atoms with Gasteiger partial charge in [-0.2, -0.15) is 0 Å². The maximum atomic E-state index is 13.3. The molecule has 1 unspecified atom stereocenters. The average Bonchev–Trinajstić information content (AvgIpc) is 2.46. The zero-order chi connectivity index (χ0) is 11.2.